The number of carbonyl (C=O) groups excluding carboxylic acids is 1. The van der Waals surface area contributed by atoms with E-state index < -0.39 is 17.6 Å². The van der Waals surface area contributed by atoms with Crippen molar-refractivity contribution in [3.8, 4) is 0 Å². The van der Waals surface area contributed by atoms with Crippen LogP contribution in [0.2, 0.25) is 0 Å². The number of amides is 1. The molecule has 1 N–H and O–H groups in total. The van der Waals surface area contributed by atoms with Crippen LogP contribution in [0.3, 0.4) is 0 Å². The molecule has 0 bridgehead atoms. The van der Waals surface area contributed by atoms with Crippen LogP contribution >= 0.6 is 11.6 Å². The third-order valence-corrected chi connectivity index (χ3v) is 2.36. The van der Waals surface area contributed by atoms with E-state index in [-0.39, 0.29) is 18.7 Å². The van der Waals surface area contributed by atoms with Gasteiger partial charge in [0.1, 0.15) is 0 Å². The van der Waals surface area contributed by atoms with Gasteiger partial charge in [0.25, 0.3) is 5.91 Å². The van der Waals surface area contributed by atoms with Crippen LogP contribution in [0.25, 0.3) is 0 Å². The predicted molar refractivity (Wildman–Crippen MR) is 65.3 cm³/mol. The Balaban J connectivity index is 2.53. The monoisotopic (exact) mass is 295 g/mol. The summed E-state index contributed by atoms with van der Waals surface area (Å²) in [6, 6.07) is 4.25. The third kappa shape index (κ3) is 5.48. The standard InChI is InChI=1S/C12H13ClF3NO2/c13-4-6-19-7-5-17-11(18)9-2-1-3-10(8-9)12(14,15)16/h1-3,8H,4-7H2,(H,17,18). The molecule has 106 valence electrons. The number of carbonyl (C=O) groups is 1. The van der Waals surface area contributed by atoms with Crippen molar-refractivity contribution in [2.45, 2.75) is 6.18 Å². The molecule has 0 unspecified atom stereocenters. The first-order valence-electron chi connectivity index (χ1n) is 5.54. The van der Waals surface area contributed by atoms with E-state index in [0.717, 1.165) is 12.1 Å². The Morgan fingerprint density at radius 3 is 2.68 bits per heavy atom. The van der Waals surface area contributed by atoms with Gasteiger partial charge >= 0.3 is 6.18 Å². The van der Waals surface area contributed by atoms with Gasteiger partial charge in [0, 0.05) is 18.0 Å². The van der Waals surface area contributed by atoms with Crippen molar-refractivity contribution in [3.63, 3.8) is 0 Å². The van der Waals surface area contributed by atoms with Gasteiger partial charge < -0.3 is 10.1 Å². The molecular weight excluding hydrogens is 283 g/mol. The smallest absolute Gasteiger partial charge is 0.378 e. The molecule has 0 aliphatic heterocycles. The van der Waals surface area contributed by atoms with E-state index in [1.807, 2.05) is 0 Å². The normalized spacial score (nSPS) is 11.4. The van der Waals surface area contributed by atoms with Gasteiger partial charge in [0.05, 0.1) is 18.8 Å². The van der Waals surface area contributed by atoms with Crippen LogP contribution in [0.5, 0.6) is 0 Å². The van der Waals surface area contributed by atoms with E-state index in [9.17, 15) is 18.0 Å². The Morgan fingerprint density at radius 1 is 1.32 bits per heavy atom. The highest BCUT2D eigenvalue weighted by Crippen LogP contribution is 2.29. The van der Waals surface area contributed by atoms with E-state index >= 15 is 0 Å². The second-order valence-electron chi connectivity index (χ2n) is 3.64. The van der Waals surface area contributed by atoms with Gasteiger partial charge in [-0.1, -0.05) is 6.07 Å². The summed E-state index contributed by atoms with van der Waals surface area (Å²) in [6.07, 6.45) is -4.46. The zero-order chi connectivity index (χ0) is 14.3. The molecule has 0 heterocycles. The second-order valence-corrected chi connectivity index (χ2v) is 4.01. The molecule has 0 fully saturated rings. The minimum Gasteiger partial charge on any atom is -0.378 e. The first kappa shape index (κ1) is 15.8. The Morgan fingerprint density at radius 2 is 2.05 bits per heavy atom. The number of hydrogen-bond acceptors (Lipinski definition) is 2. The summed E-state index contributed by atoms with van der Waals surface area (Å²) in [5.41, 5.74) is -0.884. The second kappa shape index (κ2) is 7.35. The van der Waals surface area contributed by atoms with Crippen molar-refractivity contribution in [2.75, 3.05) is 25.6 Å². The number of benzene rings is 1. The molecule has 0 aliphatic rings. The highest BCUT2D eigenvalue weighted by Gasteiger charge is 2.30. The van der Waals surface area contributed by atoms with Crippen molar-refractivity contribution in [1.29, 1.82) is 0 Å². The van der Waals surface area contributed by atoms with Crippen LogP contribution < -0.4 is 5.32 Å². The molecule has 19 heavy (non-hydrogen) atoms. The topological polar surface area (TPSA) is 38.3 Å². The Kier molecular flexibility index (Phi) is 6.11. The number of halogens is 4. The van der Waals surface area contributed by atoms with Gasteiger partial charge in [-0.3, -0.25) is 4.79 Å². The molecule has 0 aliphatic carbocycles. The lowest BCUT2D eigenvalue weighted by Gasteiger charge is -2.09. The van der Waals surface area contributed by atoms with Crippen LogP contribution in [0.1, 0.15) is 15.9 Å². The summed E-state index contributed by atoms with van der Waals surface area (Å²) in [7, 11) is 0. The predicted octanol–water partition coefficient (Wildman–Crippen LogP) is 2.69. The molecule has 3 nitrogen and oxygen atoms in total. The van der Waals surface area contributed by atoms with Crippen LogP contribution in [0, 0.1) is 0 Å². The van der Waals surface area contributed by atoms with E-state index in [0.29, 0.717) is 12.5 Å². The maximum Gasteiger partial charge on any atom is 0.416 e. The number of hydrogen-bond donors (Lipinski definition) is 1. The Bertz CT molecular complexity index is 424. The molecule has 1 aromatic carbocycles. The summed E-state index contributed by atoms with van der Waals surface area (Å²) in [4.78, 5) is 11.6. The summed E-state index contributed by atoms with van der Waals surface area (Å²) in [5, 5.41) is 2.46. The highest BCUT2D eigenvalue weighted by molar-refractivity contribution is 6.17. The first-order chi connectivity index (χ1) is 8.95. The van der Waals surface area contributed by atoms with Crippen LogP contribution in [0.4, 0.5) is 13.2 Å². The molecule has 0 saturated carbocycles. The van der Waals surface area contributed by atoms with Gasteiger partial charge in [-0.25, -0.2) is 0 Å². The summed E-state index contributed by atoms with van der Waals surface area (Å²) >= 11 is 5.38. The van der Waals surface area contributed by atoms with Crippen molar-refractivity contribution in [2.24, 2.45) is 0 Å². The van der Waals surface area contributed by atoms with Crippen molar-refractivity contribution in [1.82, 2.24) is 5.32 Å². The van der Waals surface area contributed by atoms with E-state index in [1.165, 1.54) is 12.1 Å². The summed E-state index contributed by atoms with van der Waals surface area (Å²) < 4.78 is 42.4. The molecular formula is C12H13ClF3NO2. The molecule has 0 radical (unpaired) electrons. The van der Waals surface area contributed by atoms with Crippen molar-refractivity contribution >= 4 is 17.5 Å². The summed E-state index contributed by atoms with van der Waals surface area (Å²) in [5.74, 6) is -0.220. The lowest BCUT2D eigenvalue weighted by molar-refractivity contribution is -0.137. The Labute approximate surface area is 113 Å². The van der Waals surface area contributed by atoms with Crippen LogP contribution in [-0.2, 0) is 10.9 Å². The van der Waals surface area contributed by atoms with Gasteiger partial charge in [0.15, 0.2) is 0 Å². The molecule has 0 spiro atoms. The molecule has 7 heteroatoms. The number of rotatable bonds is 6. The van der Waals surface area contributed by atoms with E-state index in [1.54, 1.807) is 0 Å². The van der Waals surface area contributed by atoms with E-state index in [2.05, 4.69) is 5.32 Å². The van der Waals surface area contributed by atoms with Crippen molar-refractivity contribution < 1.29 is 22.7 Å². The largest absolute Gasteiger partial charge is 0.416 e. The minimum absolute atomic E-state index is 0.0350. The molecule has 1 aromatic rings. The van der Waals surface area contributed by atoms with Gasteiger partial charge in [-0.15, -0.1) is 11.6 Å². The number of nitrogens with one attached hydrogen (secondary N) is 1. The first-order valence-corrected chi connectivity index (χ1v) is 6.08. The van der Waals surface area contributed by atoms with Gasteiger partial charge in [0.2, 0.25) is 0 Å². The van der Waals surface area contributed by atoms with Crippen LogP contribution in [0.15, 0.2) is 24.3 Å². The quantitative estimate of drug-likeness (QED) is 0.647. The maximum absolute atomic E-state index is 12.5. The molecule has 0 atom stereocenters. The lowest BCUT2D eigenvalue weighted by atomic mass is 10.1. The van der Waals surface area contributed by atoms with Gasteiger partial charge in [-0.05, 0) is 18.2 Å². The van der Waals surface area contributed by atoms with Crippen molar-refractivity contribution in [3.05, 3.63) is 35.4 Å². The molecule has 0 aromatic heterocycles. The number of alkyl halides is 4. The Hall–Kier alpha value is -1.27. The zero-order valence-electron chi connectivity index (χ0n) is 9.97. The fourth-order valence-corrected chi connectivity index (χ4v) is 1.44. The highest BCUT2D eigenvalue weighted by atomic mass is 35.5. The average molecular weight is 296 g/mol. The molecule has 1 rings (SSSR count). The number of ether oxygens (including phenoxy) is 1. The maximum atomic E-state index is 12.5. The molecule has 1 amide bonds. The van der Waals surface area contributed by atoms with Gasteiger partial charge in [-0.2, -0.15) is 13.2 Å². The zero-order valence-corrected chi connectivity index (χ0v) is 10.7. The fraction of sp³-hybridized carbons (Fsp3) is 0.417. The molecule has 0 saturated heterocycles. The SMILES string of the molecule is O=C(NCCOCCCl)c1cccc(C(F)(F)F)c1. The lowest BCUT2D eigenvalue weighted by Crippen LogP contribution is -2.27. The minimum atomic E-state index is -4.46. The fourth-order valence-electron chi connectivity index (χ4n) is 1.33. The summed E-state index contributed by atoms with van der Waals surface area (Å²) in [6.45, 7) is 0.838. The van der Waals surface area contributed by atoms with Crippen LogP contribution in [-0.4, -0.2) is 31.5 Å². The third-order valence-electron chi connectivity index (χ3n) is 2.21. The average Bonchev–Trinajstić information content (AvgIpc) is 2.37. The van der Waals surface area contributed by atoms with E-state index in [4.69, 9.17) is 16.3 Å².